The van der Waals surface area contributed by atoms with Gasteiger partial charge in [-0.25, -0.2) is 14.6 Å². The van der Waals surface area contributed by atoms with Crippen molar-refractivity contribution in [2.24, 2.45) is 0 Å². The van der Waals surface area contributed by atoms with E-state index in [4.69, 9.17) is 14.5 Å². The van der Waals surface area contributed by atoms with Crippen molar-refractivity contribution >= 4 is 45.7 Å². The molecule has 1 amide bonds. The first-order chi connectivity index (χ1) is 19.2. The van der Waals surface area contributed by atoms with Gasteiger partial charge < -0.3 is 25.4 Å². The Balaban J connectivity index is 1.71. The highest BCUT2D eigenvalue weighted by Gasteiger charge is 2.39. The molecule has 0 unspecified atom stereocenters. The molecule has 1 aliphatic rings. The van der Waals surface area contributed by atoms with E-state index in [0.29, 0.717) is 44.6 Å². The first kappa shape index (κ1) is 28.6. The second-order valence-electron chi connectivity index (χ2n) is 9.08. The van der Waals surface area contributed by atoms with E-state index in [1.165, 1.54) is 18.3 Å². The summed E-state index contributed by atoms with van der Waals surface area (Å²) in [6, 6.07) is 15.0. The standard InChI is InChI=1S/C30H32N4O5S/c1-6-38-28(36)25-17(3)31-18(4)26(29(37)39-7-2)27(25)22-10-8-9-11-23(22)33-30-34-24(16-40-30)20-12-14-21(15-13-20)32-19(5)35/h8-16,27,31H,6-7H2,1-5H3,(H,32,35)(H,33,34). The summed E-state index contributed by atoms with van der Waals surface area (Å²) in [5.74, 6) is -1.85. The summed E-state index contributed by atoms with van der Waals surface area (Å²) in [5.41, 5.74) is 5.72. The number of carbonyl (C=O) groups excluding carboxylic acids is 3. The smallest absolute Gasteiger partial charge is 0.336 e. The SMILES string of the molecule is CCOC(=O)C1=C(C)NC(C)=C(C(=O)OCC)C1c1ccccc1Nc1nc(-c2ccc(NC(C)=O)cc2)cs1. The van der Waals surface area contributed by atoms with Gasteiger partial charge in [0.25, 0.3) is 0 Å². The van der Waals surface area contributed by atoms with Crippen molar-refractivity contribution in [1.82, 2.24) is 10.3 Å². The molecule has 2 aromatic carbocycles. The molecule has 208 valence electrons. The number of aromatic nitrogens is 1. The van der Waals surface area contributed by atoms with Crippen LogP contribution in [0.1, 0.15) is 46.1 Å². The summed E-state index contributed by atoms with van der Waals surface area (Å²) in [5, 5.41) is 11.9. The van der Waals surface area contributed by atoms with Crippen LogP contribution in [0.5, 0.6) is 0 Å². The topological polar surface area (TPSA) is 119 Å². The van der Waals surface area contributed by atoms with Gasteiger partial charge in [-0.1, -0.05) is 30.3 Å². The van der Waals surface area contributed by atoms with Crippen LogP contribution in [0.2, 0.25) is 0 Å². The fourth-order valence-electron chi connectivity index (χ4n) is 4.63. The second-order valence-corrected chi connectivity index (χ2v) is 9.94. The Bertz CT molecular complexity index is 1450. The Morgan fingerprint density at radius 2 is 1.52 bits per heavy atom. The van der Waals surface area contributed by atoms with E-state index in [1.807, 2.05) is 53.9 Å². The van der Waals surface area contributed by atoms with Gasteiger partial charge in [0.1, 0.15) is 0 Å². The monoisotopic (exact) mass is 560 g/mol. The average Bonchev–Trinajstić information content (AvgIpc) is 3.37. The Hall–Kier alpha value is -4.44. The molecule has 1 aromatic heterocycles. The zero-order valence-electron chi connectivity index (χ0n) is 23.1. The largest absolute Gasteiger partial charge is 0.463 e. The molecule has 3 N–H and O–H groups in total. The maximum absolute atomic E-state index is 13.2. The highest BCUT2D eigenvalue weighted by Crippen LogP contribution is 2.43. The number of esters is 2. The molecule has 2 heterocycles. The van der Waals surface area contributed by atoms with Crippen LogP contribution in [0.3, 0.4) is 0 Å². The lowest BCUT2D eigenvalue weighted by Crippen LogP contribution is -2.32. The number of thiazole rings is 1. The van der Waals surface area contributed by atoms with E-state index in [-0.39, 0.29) is 19.1 Å². The maximum atomic E-state index is 13.2. The number of amides is 1. The van der Waals surface area contributed by atoms with Crippen LogP contribution in [0, 0.1) is 0 Å². The number of hydrogen-bond donors (Lipinski definition) is 3. The zero-order valence-corrected chi connectivity index (χ0v) is 23.9. The minimum atomic E-state index is -0.719. The first-order valence-corrected chi connectivity index (χ1v) is 13.8. The quantitative estimate of drug-likeness (QED) is 0.278. The van der Waals surface area contributed by atoms with E-state index in [2.05, 4.69) is 16.0 Å². The highest BCUT2D eigenvalue weighted by molar-refractivity contribution is 7.14. The van der Waals surface area contributed by atoms with Crippen LogP contribution < -0.4 is 16.0 Å². The van der Waals surface area contributed by atoms with E-state index >= 15 is 0 Å². The van der Waals surface area contributed by atoms with Crippen molar-refractivity contribution in [3.63, 3.8) is 0 Å². The van der Waals surface area contributed by atoms with Gasteiger partial charge in [-0.2, -0.15) is 0 Å². The van der Waals surface area contributed by atoms with Gasteiger partial charge >= 0.3 is 11.9 Å². The third kappa shape index (κ3) is 6.23. The van der Waals surface area contributed by atoms with Crippen molar-refractivity contribution in [3.8, 4) is 11.3 Å². The van der Waals surface area contributed by atoms with Gasteiger partial charge in [-0.05, 0) is 51.5 Å². The van der Waals surface area contributed by atoms with E-state index < -0.39 is 17.9 Å². The lowest BCUT2D eigenvalue weighted by atomic mass is 9.79. The summed E-state index contributed by atoms with van der Waals surface area (Å²) in [6.45, 7) is 8.95. The van der Waals surface area contributed by atoms with Crippen LogP contribution in [0.15, 0.2) is 76.5 Å². The van der Waals surface area contributed by atoms with Gasteiger partial charge in [0.2, 0.25) is 5.91 Å². The Morgan fingerprint density at radius 3 is 2.10 bits per heavy atom. The number of benzene rings is 2. The number of carbonyl (C=O) groups is 3. The number of allylic oxidation sites excluding steroid dienone is 2. The molecule has 0 fully saturated rings. The number of nitrogens with zero attached hydrogens (tertiary/aromatic N) is 1. The molecule has 0 aliphatic carbocycles. The second kappa shape index (κ2) is 12.6. The lowest BCUT2D eigenvalue weighted by molar-refractivity contribution is -0.139. The number of dihydropyridines is 1. The van der Waals surface area contributed by atoms with Gasteiger partial charge in [-0.3, -0.25) is 4.79 Å². The molecule has 4 rings (SSSR count). The molecule has 0 saturated carbocycles. The van der Waals surface area contributed by atoms with Gasteiger partial charge in [0, 0.05) is 40.6 Å². The molecular weight excluding hydrogens is 528 g/mol. The fourth-order valence-corrected chi connectivity index (χ4v) is 5.36. The molecule has 0 spiro atoms. The van der Waals surface area contributed by atoms with Crippen LogP contribution >= 0.6 is 11.3 Å². The van der Waals surface area contributed by atoms with Crippen molar-refractivity contribution in [1.29, 1.82) is 0 Å². The first-order valence-electron chi connectivity index (χ1n) is 13.0. The average molecular weight is 561 g/mol. The normalized spacial score (nSPS) is 13.5. The molecule has 40 heavy (non-hydrogen) atoms. The summed E-state index contributed by atoms with van der Waals surface area (Å²) in [6.07, 6.45) is 0. The number of anilines is 3. The molecule has 10 heteroatoms. The molecule has 0 saturated heterocycles. The van der Waals surface area contributed by atoms with Crippen LogP contribution in [0.25, 0.3) is 11.3 Å². The molecular formula is C30H32N4O5S. The van der Waals surface area contributed by atoms with E-state index in [0.717, 1.165) is 11.3 Å². The molecule has 1 aliphatic heterocycles. The van der Waals surface area contributed by atoms with Crippen molar-refractivity contribution in [2.75, 3.05) is 23.8 Å². The third-order valence-electron chi connectivity index (χ3n) is 6.27. The van der Waals surface area contributed by atoms with Crippen molar-refractivity contribution in [3.05, 3.63) is 82.0 Å². The summed E-state index contributed by atoms with van der Waals surface area (Å²) < 4.78 is 10.8. The van der Waals surface area contributed by atoms with Crippen LogP contribution in [0.4, 0.5) is 16.5 Å². The van der Waals surface area contributed by atoms with Gasteiger partial charge in [0.05, 0.1) is 36.0 Å². The van der Waals surface area contributed by atoms with E-state index in [9.17, 15) is 14.4 Å². The number of ether oxygens (including phenoxy) is 2. The molecule has 3 aromatic rings. The minimum Gasteiger partial charge on any atom is -0.463 e. The summed E-state index contributed by atoms with van der Waals surface area (Å²) in [7, 11) is 0. The maximum Gasteiger partial charge on any atom is 0.336 e. The number of rotatable bonds is 9. The van der Waals surface area contributed by atoms with Crippen molar-refractivity contribution in [2.45, 2.75) is 40.5 Å². The molecule has 0 bridgehead atoms. The Kier molecular flexibility index (Phi) is 9.00. The third-order valence-corrected chi connectivity index (χ3v) is 7.03. The molecule has 0 radical (unpaired) electrons. The Labute approximate surface area is 237 Å². The predicted molar refractivity (Wildman–Crippen MR) is 156 cm³/mol. The van der Waals surface area contributed by atoms with Crippen molar-refractivity contribution < 1.29 is 23.9 Å². The zero-order chi connectivity index (χ0) is 28.8. The van der Waals surface area contributed by atoms with E-state index in [1.54, 1.807) is 27.7 Å². The molecule has 0 atom stereocenters. The van der Waals surface area contributed by atoms with Crippen LogP contribution in [-0.4, -0.2) is 36.0 Å². The number of hydrogen-bond acceptors (Lipinski definition) is 9. The fraction of sp³-hybridized carbons (Fsp3) is 0.267. The lowest BCUT2D eigenvalue weighted by Gasteiger charge is -2.31. The summed E-state index contributed by atoms with van der Waals surface area (Å²) >= 11 is 1.43. The number of para-hydroxylation sites is 1. The predicted octanol–water partition coefficient (Wildman–Crippen LogP) is 5.87. The highest BCUT2D eigenvalue weighted by atomic mass is 32.1. The minimum absolute atomic E-state index is 0.132. The van der Waals surface area contributed by atoms with Gasteiger partial charge in [0.15, 0.2) is 5.13 Å². The summed E-state index contributed by atoms with van der Waals surface area (Å²) in [4.78, 5) is 42.4. The molecule has 9 nitrogen and oxygen atoms in total. The Morgan fingerprint density at radius 1 is 0.925 bits per heavy atom. The van der Waals surface area contributed by atoms with Gasteiger partial charge in [-0.15, -0.1) is 11.3 Å². The van der Waals surface area contributed by atoms with Crippen LogP contribution in [-0.2, 0) is 23.9 Å². The number of nitrogens with one attached hydrogen (secondary N) is 3.